The van der Waals surface area contributed by atoms with E-state index in [2.05, 4.69) is 17.9 Å². The van der Waals surface area contributed by atoms with Gasteiger partial charge >= 0.3 is 5.97 Å². The summed E-state index contributed by atoms with van der Waals surface area (Å²) in [5, 5.41) is 11.6. The highest BCUT2D eigenvalue weighted by molar-refractivity contribution is 7.80. The second kappa shape index (κ2) is 4.77. The van der Waals surface area contributed by atoms with E-state index in [4.69, 9.17) is 5.11 Å². The van der Waals surface area contributed by atoms with E-state index >= 15 is 0 Å². The molecular formula is C9H11NO2S. The highest BCUT2D eigenvalue weighted by Crippen LogP contribution is 2.07. The van der Waals surface area contributed by atoms with Crippen molar-refractivity contribution in [1.82, 2.24) is 0 Å². The first-order chi connectivity index (χ1) is 6.24. The quantitative estimate of drug-likeness (QED) is 0.641. The van der Waals surface area contributed by atoms with Crippen LogP contribution in [0, 0.1) is 0 Å². The Hall–Kier alpha value is -1.16. The molecule has 1 atom stereocenters. The number of benzene rings is 1. The summed E-state index contributed by atoms with van der Waals surface area (Å²) in [5.41, 5.74) is 0.795. The molecule has 0 heterocycles. The molecule has 0 spiro atoms. The number of carboxylic acid groups (broad SMARTS) is 1. The summed E-state index contributed by atoms with van der Waals surface area (Å²) >= 11 is 3.94. The smallest absolute Gasteiger partial charge is 0.326 e. The van der Waals surface area contributed by atoms with Crippen molar-refractivity contribution >= 4 is 24.3 Å². The Morgan fingerprint density at radius 3 is 2.54 bits per heavy atom. The summed E-state index contributed by atoms with van der Waals surface area (Å²) in [4.78, 5) is 10.6. The van der Waals surface area contributed by atoms with Crippen molar-refractivity contribution < 1.29 is 9.90 Å². The molecule has 0 saturated heterocycles. The summed E-state index contributed by atoms with van der Waals surface area (Å²) in [7, 11) is 0. The number of thiol groups is 1. The number of carboxylic acids is 1. The molecule has 0 aliphatic rings. The Morgan fingerprint density at radius 2 is 2.08 bits per heavy atom. The molecule has 1 aromatic carbocycles. The number of para-hydroxylation sites is 1. The lowest BCUT2D eigenvalue weighted by Crippen LogP contribution is -2.30. The molecule has 0 saturated carbocycles. The third-order valence-electron chi connectivity index (χ3n) is 1.60. The van der Waals surface area contributed by atoms with Crippen LogP contribution in [-0.2, 0) is 4.79 Å². The van der Waals surface area contributed by atoms with Crippen LogP contribution in [0.5, 0.6) is 0 Å². The van der Waals surface area contributed by atoms with Crippen molar-refractivity contribution in [3.05, 3.63) is 30.3 Å². The van der Waals surface area contributed by atoms with Crippen LogP contribution in [0.15, 0.2) is 30.3 Å². The van der Waals surface area contributed by atoms with E-state index in [1.54, 1.807) is 0 Å². The van der Waals surface area contributed by atoms with Gasteiger partial charge in [-0.3, -0.25) is 0 Å². The van der Waals surface area contributed by atoms with Gasteiger partial charge in [-0.15, -0.1) is 0 Å². The minimum Gasteiger partial charge on any atom is -0.480 e. The maximum Gasteiger partial charge on any atom is 0.326 e. The Balaban J connectivity index is 2.62. The predicted molar refractivity (Wildman–Crippen MR) is 55.3 cm³/mol. The predicted octanol–water partition coefficient (Wildman–Crippen LogP) is 1.48. The van der Waals surface area contributed by atoms with Gasteiger partial charge in [0.1, 0.15) is 6.04 Å². The lowest BCUT2D eigenvalue weighted by atomic mass is 10.2. The number of nitrogens with one attached hydrogen (secondary N) is 1. The van der Waals surface area contributed by atoms with Gasteiger partial charge < -0.3 is 10.4 Å². The topological polar surface area (TPSA) is 49.3 Å². The van der Waals surface area contributed by atoms with Crippen LogP contribution in [0.25, 0.3) is 0 Å². The fourth-order valence-electron chi connectivity index (χ4n) is 0.921. The van der Waals surface area contributed by atoms with Crippen molar-refractivity contribution in [2.45, 2.75) is 6.04 Å². The largest absolute Gasteiger partial charge is 0.480 e. The maximum absolute atomic E-state index is 10.6. The van der Waals surface area contributed by atoms with Gasteiger partial charge in [0.2, 0.25) is 0 Å². The minimum absolute atomic E-state index is 0.268. The first kappa shape index (κ1) is 9.92. The standard InChI is InChI=1S/C9H11NO2S/c11-9(12)8(6-13)10-7-4-2-1-3-5-7/h1-5,8,10,13H,6H2,(H,11,12)/t8-/m0/s1. The molecule has 0 radical (unpaired) electrons. The fraction of sp³-hybridized carbons (Fsp3) is 0.222. The number of anilines is 1. The van der Waals surface area contributed by atoms with E-state index in [1.165, 1.54) is 0 Å². The number of rotatable bonds is 4. The average Bonchev–Trinajstić information content (AvgIpc) is 2.15. The first-order valence-corrected chi connectivity index (χ1v) is 4.52. The monoisotopic (exact) mass is 197 g/mol. The van der Waals surface area contributed by atoms with E-state index in [0.717, 1.165) is 5.69 Å². The van der Waals surface area contributed by atoms with Gasteiger partial charge in [0.15, 0.2) is 0 Å². The molecule has 2 N–H and O–H groups in total. The molecule has 0 aliphatic heterocycles. The Labute approximate surface area is 82.2 Å². The molecule has 70 valence electrons. The van der Waals surface area contributed by atoms with E-state index in [9.17, 15) is 4.79 Å². The van der Waals surface area contributed by atoms with Crippen molar-refractivity contribution in [3.8, 4) is 0 Å². The lowest BCUT2D eigenvalue weighted by Gasteiger charge is -2.12. The van der Waals surface area contributed by atoms with Crippen LogP contribution in [0.3, 0.4) is 0 Å². The van der Waals surface area contributed by atoms with Gasteiger partial charge in [0, 0.05) is 11.4 Å². The van der Waals surface area contributed by atoms with Gasteiger partial charge in [-0.1, -0.05) is 18.2 Å². The molecule has 0 amide bonds. The molecule has 13 heavy (non-hydrogen) atoms. The number of hydrogen-bond donors (Lipinski definition) is 3. The number of carbonyl (C=O) groups is 1. The van der Waals surface area contributed by atoms with Gasteiger partial charge in [0.25, 0.3) is 0 Å². The van der Waals surface area contributed by atoms with Crippen LogP contribution >= 0.6 is 12.6 Å². The molecule has 0 aliphatic carbocycles. The van der Waals surface area contributed by atoms with E-state index in [-0.39, 0.29) is 5.75 Å². The van der Waals surface area contributed by atoms with Crippen LogP contribution in [0.1, 0.15) is 0 Å². The lowest BCUT2D eigenvalue weighted by molar-refractivity contribution is -0.137. The third kappa shape index (κ3) is 2.99. The first-order valence-electron chi connectivity index (χ1n) is 3.89. The molecule has 4 heteroatoms. The van der Waals surface area contributed by atoms with Gasteiger partial charge in [0.05, 0.1) is 0 Å². The van der Waals surface area contributed by atoms with Crippen molar-refractivity contribution in [1.29, 1.82) is 0 Å². The number of hydrogen-bond acceptors (Lipinski definition) is 3. The van der Waals surface area contributed by atoms with Crippen LogP contribution in [0.2, 0.25) is 0 Å². The molecule has 0 fully saturated rings. The summed E-state index contributed by atoms with van der Waals surface area (Å²) in [6, 6.07) is 8.57. The highest BCUT2D eigenvalue weighted by atomic mass is 32.1. The summed E-state index contributed by atoms with van der Waals surface area (Å²) in [5.74, 6) is -0.622. The van der Waals surface area contributed by atoms with Crippen LogP contribution in [-0.4, -0.2) is 22.9 Å². The third-order valence-corrected chi connectivity index (χ3v) is 1.96. The molecule has 1 rings (SSSR count). The Bertz CT molecular complexity index is 276. The number of aliphatic carboxylic acids is 1. The molecular weight excluding hydrogens is 186 g/mol. The molecule has 3 nitrogen and oxygen atoms in total. The zero-order valence-electron chi connectivity index (χ0n) is 6.97. The van der Waals surface area contributed by atoms with Gasteiger partial charge in [-0.2, -0.15) is 12.6 Å². The molecule has 0 aromatic heterocycles. The summed E-state index contributed by atoms with van der Waals surface area (Å²) < 4.78 is 0. The van der Waals surface area contributed by atoms with Crippen LogP contribution in [0.4, 0.5) is 5.69 Å². The molecule has 0 bridgehead atoms. The van der Waals surface area contributed by atoms with E-state index < -0.39 is 12.0 Å². The summed E-state index contributed by atoms with van der Waals surface area (Å²) in [6.45, 7) is 0. The Kier molecular flexibility index (Phi) is 3.64. The fourth-order valence-corrected chi connectivity index (χ4v) is 1.17. The maximum atomic E-state index is 10.6. The Morgan fingerprint density at radius 1 is 1.46 bits per heavy atom. The summed E-state index contributed by atoms with van der Waals surface area (Å²) in [6.07, 6.45) is 0. The van der Waals surface area contributed by atoms with Crippen molar-refractivity contribution in [2.75, 3.05) is 11.1 Å². The second-order valence-corrected chi connectivity index (χ2v) is 2.95. The highest BCUT2D eigenvalue weighted by Gasteiger charge is 2.13. The molecule has 0 unspecified atom stereocenters. The van der Waals surface area contributed by atoms with Crippen LogP contribution < -0.4 is 5.32 Å². The molecule has 1 aromatic rings. The zero-order chi connectivity index (χ0) is 9.68. The van der Waals surface area contributed by atoms with Crippen molar-refractivity contribution in [3.63, 3.8) is 0 Å². The van der Waals surface area contributed by atoms with Gasteiger partial charge in [-0.25, -0.2) is 4.79 Å². The normalized spacial score (nSPS) is 12.1. The van der Waals surface area contributed by atoms with E-state index in [1.807, 2.05) is 30.3 Å². The zero-order valence-corrected chi connectivity index (χ0v) is 7.87. The van der Waals surface area contributed by atoms with Crippen molar-refractivity contribution in [2.24, 2.45) is 0 Å². The van der Waals surface area contributed by atoms with E-state index in [0.29, 0.717) is 0 Å². The second-order valence-electron chi connectivity index (χ2n) is 2.58. The minimum atomic E-state index is -0.890. The SMILES string of the molecule is O=C(O)[C@H](CS)Nc1ccccc1. The van der Waals surface area contributed by atoms with Gasteiger partial charge in [-0.05, 0) is 12.1 Å². The average molecular weight is 197 g/mol.